The third-order valence-corrected chi connectivity index (χ3v) is 3.57. The average molecular weight is 284 g/mol. The van der Waals surface area contributed by atoms with Gasteiger partial charge < -0.3 is 5.32 Å². The van der Waals surface area contributed by atoms with Crippen molar-refractivity contribution in [1.82, 2.24) is 0 Å². The second kappa shape index (κ2) is 4.46. The number of nitrogens with one attached hydrogen (secondary N) is 1. The number of rotatable bonds is 1. The summed E-state index contributed by atoms with van der Waals surface area (Å²) in [5.74, 6) is -3.81. The first-order valence-electron chi connectivity index (χ1n) is 5.74. The second-order valence-electron chi connectivity index (χ2n) is 4.47. The van der Waals surface area contributed by atoms with Gasteiger partial charge >= 0.3 is 0 Å². The standard InChI is InChI=1S/C14H9ClF3N/c15-9-3-1-2-7-6-12(19-14(7)9)8-4-10(16)13(18)11(17)5-8/h1-5,12,19H,6H2. The van der Waals surface area contributed by atoms with Gasteiger partial charge in [-0.2, -0.15) is 0 Å². The maximum atomic E-state index is 13.2. The predicted octanol–water partition coefficient (Wildman–Crippen LogP) is 4.47. The van der Waals surface area contributed by atoms with Crippen LogP contribution in [0, 0.1) is 17.5 Å². The lowest BCUT2D eigenvalue weighted by atomic mass is 10.0. The van der Waals surface area contributed by atoms with Crippen molar-refractivity contribution < 1.29 is 13.2 Å². The van der Waals surface area contributed by atoms with E-state index in [0.29, 0.717) is 17.0 Å². The third-order valence-electron chi connectivity index (χ3n) is 3.25. The lowest BCUT2D eigenvalue weighted by molar-refractivity contribution is 0.444. The fraction of sp³-hybridized carbons (Fsp3) is 0.143. The van der Waals surface area contributed by atoms with Crippen LogP contribution in [0.25, 0.3) is 0 Å². The Morgan fingerprint density at radius 1 is 1.11 bits per heavy atom. The number of hydrogen-bond acceptors (Lipinski definition) is 1. The number of fused-ring (bicyclic) bond motifs is 1. The first kappa shape index (κ1) is 12.4. The molecule has 0 aromatic heterocycles. The second-order valence-corrected chi connectivity index (χ2v) is 4.88. The van der Waals surface area contributed by atoms with Crippen LogP contribution < -0.4 is 5.32 Å². The molecule has 0 bridgehead atoms. The lowest BCUT2D eigenvalue weighted by Gasteiger charge is -2.12. The van der Waals surface area contributed by atoms with Crippen molar-refractivity contribution in [2.24, 2.45) is 0 Å². The summed E-state index contributed by atoms with van der Waals surface area (Å²) in [6.07, 6.45) is 0.556. The van der Waals surface area contributed by atoms with E-state index in [2.05, 4.69) is 5.32 Å². The molecule has 1 aliphatic rings. The zero-order valence-electron chi connectivity index (χ0n) is 9.68. The molecule has 1 atom stereocenters. The Labute approximate surface area is 113 Å². The SMILES string of the molecule is Fc1cc(C2Cc3cccc(Cl)c3N2)cc(F)c1F. The lowest BCUT2D eigenvalue weighted by Crippen LogP contribution is -2.08. The minimum atomic E-state index is -1.45. The van der Waals surface area contributed by atoms with Crippen LogP contribution in [0.4, 0.5) is 18.9 Å². The first-order valence-corrected chi connectivity index (χ1v) is 6.12. The summed E-state index contributed by atoms with van der Waals surface area (Å²) in [6, 6.07) is 7.16. The van der Waals surface area contributed by atoms with Crippen LogP contribution in [0.3, 0.4) is 0 Å². The summed E-state index contributed by atoms with van der Waals surface area (Å²) in [7, 11) is 0. The Bertz CT molecular complexity index is 634. The van der Waals surface area contributed by atoms with Gasteiger partial charge in [0.2, 0.25) is 0 Å². The molecule has 3 rings (SSSR count). The molecule has 19 heavy (non-hydrogen) atoms. The van der Waals surface area contributed by atoms with Gasteiger partial charge in [-0.3, -0.25) is 0 Å². The van der Waals surface area contributed by atoms with Crippen LogP contribution in [0.2, 0.25) is 5.02 Å². The van der Waals surface area contributed by atoms with E-state index in [4.69, 9.17) is 11.6 Å². The molecular formula is C14H9ClF3N. The van der Waals surface area contributed by atoms with Crippen molar-refractivity contribution in [2.45, 2.75) is 12.5 Å². The molecule has 1 heterocycles. The van der Waals surface area contributed by atoms with E-state index >= 15 is 0 Å². The molecule has 1 N–H and O–H groups in total. The minimum absolute atomic E-state index is 0.306. The highest BCUT2D eigenvalue weighted by atomic mass is 35.5. The molecule has 2 aromatic rings. The fourth-order valence-electron chi connectivity index (χ4n) is 2.32. The average Bonchev–Trinajstić information content (AvgIpc) is 2.81. The van der Waals surface area contributed by atoms with Crippen molar-refractivity contribution in [3.8, 4) is 0 Å². The Morgan fingerprint density at radius 3 is 2.42 bits per heavy atom. The van der Waals surface area contributed by atoms with E-state index in [1.807, 2.05) is 12.1 Å². The van der Waals surface area contributed by atoms with E-state index < -0.39 is 17.5 Å². The largest absolute Gasteiger partial charge is 0.376 e. The maximum absolute atomic E-state index is 13.2. The Balaban J connectivity index is 1.97. The first-order chi connectivity index (χ1) is 9.06. The molecule has 0 radical (unpaired) electrons. The molecule has 0 amide bonds. The van der Waals surface area contributed by atoms with Gasteiger partial charge in [-0.15, -0.1) is 0 Å². The number of halogens is 4. The Hall–Kier alpha value is -1.68. The van der Waals surface area contributed by atoms with Gasteiger partial charge in [0.1, 0.15) is 0 Å². The fourth-order valence-corrected chi connectivity index (χ4v) is 2.57. The van der Waals surface area contributed by atoms with E-state index in [9.17, 15) is 13.2 Å². The number of benzene rings is 2. The van der Waals surface area contributed by atoms with Gasteiger partial charge in [0, 0.05) is 0 Å². The molecule has 0 saturated heterocycles. The van der Waals surface area contributed by atoms with Crippen molar-refractivity contribution in [2.75, 3.05) is 5.32 Å². The summed E-state index contributed by atoms with van der Waals surface area (Å²) in [5.41, 5.74) is 2.10. The quantitative estimate of drug-likeness (QED) is 0.762. The predicted molar refractivity (Wildman–Crippen MR) is 67.8 cm³/mol. The summed E-state index contributed by atoms with van der Waals surface area (Å²) >= 11 is 6.04. The van der Waals surface area contributed by atoms with Crippen molar-refractivity contribution in [3.63, 3.8) is 0 Å². The van der Waals surface area contributed by atoms with E-state index in [1.165, 1.54) is 0 Å². The monoisotopic (exact) mass is 283 g/mol. The minimum Gasteiger partial charge on any atom is -0.376 e. The Kier molecular flexibility index (Phi) is 2.90. The highest BCUT2D eigenvalue weighted by molar-refractivity contribution is 6.33. The van der Waals surface area contributed by atoms with Gasteiger partial charge in [-0.1, -0.05) is 23.7 Å². The third kappa shape index (κ3) is 2.06. The summed E-state index contributed by atoms with van der Waals surface area (Å²) < 4.78 is 39.4. The molecule has 0 aliphatic carbocycles. The van der Waals surface area contributed by atoms with Crippen LogP contribution in [0.15, 0.2) is 30.3 Å². The van der Waals surface area contributed by atoms with Crippen molar-refractivity contribution in [1.29, 1.82) is 0 Å². The number of hydrogen-bond donors (Lipinski definition) is 1. The molecule has 2 aromatic carbocycles. The van der Waals surface area contributed by atoms with Gasteiger partial charge in [-0.25, -0.2) is 13.2 Å². The molecule has 1 nitrogen and oxygen atoms in total. The zero-order valence-corrected chi connectivity index (χ0v) is 10.4. The molecule has 0 fully saturated rings. The molecule has 98 valence electrons. The molecule has 1 aliphatic heterocycles. The van der Waals surface area contributed by atoms with Crippen LogP contribution >= 0.6 is 11.6 Å². The summed E-state index contributed by atoms with van der Waals surface area (Å²) in [6.45, 7) is 0. The van der Waals surface area contributed by atoms with Gasteiger partial charge in [-0.05, 0) is 35.7 Å². The van der Waals surface area contributed by atoms with Crippen LogP contribution in [0.1, 0.15) is 17.2 Å². The Morgan fingerprint density at radius 2 is 1.79 bits per heavy atom. The van der Waals surface area contributed by atoms with E-state index in [1.54, 1.807) is 6.07 Å². The molecular weight excluding hydrogens is 275 g/mol. The summed E-state index contributed by atoms with van der Waals surface area (Å²) in [5, 5.41) is 3.66. The van der Waals surface area contributed by atoms with Gasteiger partial charge in [0.15, 0.2) is 17.5 Å². The number of anilines is 1. The normalized spacial score (nSPS) is 17.2. The smallest absolute Gasteiger partial charge is 0.194 e. The van der Waals surface area contributed by atoms with Crippen LogP contribution in [-0.4, -0.2) is 0 Å². The molecule has 5 heteroatoms. The molecule has 1 unspecified atom stereocenters. The van der Waals surface area contributed by atoms with E-state index in [-0.39, 0.29) is 6.04 Å². The highest BCUT2D eigenvalue weighted by Crippen LogP contribution is 2.39. The van der Waals surface area contributed by atoms with Crippen molar-refractivity contribution >= 4 is 17.3 Å². The van der Waals surface area contributed by atoms with E-state index in [0.717, 1.165) is 23.4 Å². The topological polar surface area (TPSA) is 12.0 Å². The maximum Gasteiger partial charge on any atom is 0.194 e. The van der Waals surface area contributed by atoms with Crippen molar-refractivity contribution in [3.05, 3.63) is 63.9 Å². The number of para-hydroxylation sites is 1. The van der Waals surface area contributed by atoms with Gasteiger partial charge in [0.05, 0.1) is 16.8 Å². The van der Waals surface area contributed by atoms with Crippen LogP contribution in [-0.2, 0) is 6.42 Å². The van der Waals surface area contributed by atoms with Crippen LogP contribution in [0.5, 0.6) is 0 Å². The molecule has 0 saturated carbocycles. The zero-order chi connectivity index (χ0) is 13.6. The molecule has 0 spiro atoms. The van der Waals surface area contributed by atoms with Gasteiger partial charge in [0.25, 0.3) is 0 Å². The summed E-state index contributed by atoms with van der Waals surface area (Å²) in [4.78, 5) is 0. The highest BCUT2D eigenvalue weighted by Gasteiger charge is 2.25.